The molecule has 0 spiro atoms. The maximum atomic E-state index is 12.1. The van der Waals surface area contributed by atoms with Crippen molar-refractivity contribution in [2.24, 2.45) is 0 Å². The summed E-state index contributed by atoms with van der Waals surface area (Å²) in [6, 6.07) is 0.173. The third-order valence-corrected chi connectivity index (χ3v) is 5.32. The zero-order valence-corrected chi connectivity index (χ0v) is 11.9. The van der Waals surface area contributed by atoms with E-state index in [1.54, 1.807) is 4.31 Å². The zero-order valence-electron chi connectivity index (χ0n) is 11.1. The Balaban J connectivity index is 2.59. The Hall–Kier alpha value is -0.130. The van der Waals surface area contributed by atoms with E-state index in [1.807, 2.05) is 6.92 Å². The molecule has 1 N–H and O–H groups in total. The van der Waals surface area contributed by atoms with Gasteiger partial charge in [-0.1, -0.05) is 20.3 Å². The van der Waals surface area contributed by atoms with Crippen molar-refractivity contribution in [3.63, 3.8) is 0 Å². The highest BCUT2D eigenvalue weighted by atomic mass is 32.2. The van der Waals surface area contributed by atoms with Gasteiger partial charge in [0.25, 0.3) is 0 Å². The molecule has 0 radical (unpaired) electrons. The van der Waals surface area contributed by atoms with Gasteiger partial charge in [-0.25, -0.2) is 8.42 Å². The van der Waals surface area contributed by atoms with Crippen LogP contribution in [0.3, 0.4) is 0 Å². The second kappa shape index (κ2) is 7.34. The van der Waals surface area contributed by atoms with Crippen LogP contribution in [0.5, 0.6) is 0 Å². The first-order valence-electron chi connectivity index (χ1n) is 6.82. The molecule has 1 heterocycles. The molecule has 4 nitrogen and oxygen atoms in total. The molecule has 5 heteroatoms. The summed E-state index contributed by atoms with van der Waals surface area (Å²) in [7, 11) is -3.03. The molecular formula is C12H26N2O2S. The Bertz CT molecular complexity index is 304. The van der Waals surface area contributed by atoms with Gasteiger partial charge >= 0.3 is 0 Å². The molecule has 1 aliphatic heterocycles. The van der Waals surface area contributed by atoms with Gasteiger partial charge in [-0.05, 0) is 32.2 Å². The number of rotatable bonds is 7. The fourth-order valence-electron chi connectivity index (χ4n) is 2.36. The Kier molecular flexibility index (Phi) is 6.44. The second-order valence-electron chi connectivity index (χ2n) is 4.78. The van der Waals surface area contributed by atoms with Crippen LogP contribution in [0.25, 0.3) is 0 Å². The first kappa shape index (κ1) is 14.9. The lowest BCUT2D eigenvalue weighted by atomic mass is 10.1. The van der Waals surface area contributed by atoms with Crippen LogP contribution >= 0.6 is 0 Å². The molecule has 0 amide bonds. The van der Waals surface area contributed by atoms with Crippen LogP contribution in [0.4, 0.5) is 0 Å². The van der Waals surface area contributed by atoms with Crippen molar-refractivity contribution in [3.8, 4) is 0 Å². The van der Waals surface area contributed by atoms with E-state index in [-0.39, 0.29) is 11.8 Å². The van der Waals surface area contributed by atoms with Crippen molar-refractivity contribution < 1.29 is 8.42 Å². The molecule has 0 saturated carbocycles. The van der Waals surface area contributed by atoms with Crippen LogP contribution in [0.1, 0.15) is 46.0 Å². The number of nitrogens with one attached hydrogen (secondary N) is 1. The van der Waals surface area contributed by atoms with E-state index in [9.17, 15) is 8.42 Å². The molecule has 1 saturated heterocycles. The third-order valence-electron chi connectivity index (χ3n) is 3.20. The largest absolute Gasteiger partial charge is 0.315 e. The highest BCUT2D eigenvalue weighted by Gasteiger charge is 2.30. The molecule has 1 unspecified atom stereocenters. The van der Waals surface area contributed by atoms with E-state index in [1.165, 1.54) is 0 Å². The SMILES string of the molecule is CCCNCC1CCCCN1S(=O)(=O)CCC. The minimum absolute atomic E-state index is 0.173. The highest BCUT2D eigenvalue weighted by molar-refractivity contribution is 7.89. The lowest BCUT2D eigenvalue weighted by Gasteiger charge is -2.34. The number of hydrogen-bond donors (Lipinski definition) is 1. The van der Waals surface area contributed by atoms with Crippen LogP contribution in [0.2, 0.25) is 0 Å². The topological polar surface area (TPSA) is 49.4 Å². The van der Waals surface area contributed by atoms with Gasteiger partial charge in [0.1, 0.15) is 0 Å². The van der Waals surface area contributed by atoms with Gasteiger partial charge in [0.05, 0.1) is 5.75 Å². The summed E-state index contributed by atoms with van der Waals surface area (Å²) in [4.78, 5) is 0. The molecule has 0 aliphatic carbocycles. The Labute approximate surface area is 106 Å². The van der Waals surface area contributed by atoms with E-state index < -0.39 is 10.0 Å². The minimum atomic E-state index is -3.03. The van der Waals surface area contributed by atoms with E-state index in [0.717, 1.165) is 38.8 Å². The standard InChI is InChI=1S/C12H26N2O2S/c1-3-8-13-11-12-7-5-6-9-14(12)17(15,16)10-4-2/h12-13H,3-11H2,1-2H3. The summed E-state index contributed by atoms with van der Waals surface area (Å²) >= 11 is 0. The van der Waals surface area contributed by atoms with E-state index in [4.69, 9.17) is 0 Å². The molecule has 102 valence electrons. The Morgan fingerprint density at radius 3 is 2.65 bits per heavy atom. The third kappa shape index (κ3) is 4.56. The van der Waals surface area contributed by atoms with Crippen molar-refractivity contribution in [1.29, 1.82) is 0 Å². The molecule has 0 bridgehead atoms. The first-order chi connectivity index (χ1) is 8.11. The number of sulfonamides is 1. The van der Waals surface area contributed by atoms with Gasteiger partial charge in [-0.2, -0.15) is 4.31 Å². The fourth-order valence-corrected chi connectivity index (χ4v) is 4.16. The van der Waals surface area contributed by atoms with E-state index in [2.05, 4.69) is 12.2 Å². The van der Waals surface area contributed by atoms with E-state index >= 15 is 0 Å². The number of hydrogen-bond acceptors (Lipinski definition) is 3. The number of nitrogens with zero attached hydrogens (tertiary/aromatic N) is 1. The summed E-state index contributed by atoms with van der Waals surface area (Å²) in [6.07, 6.45) is 4.95. The average molecular weight is 262 g/mol. The summed E-state index contributed by atoms with van der Waals surface area (Å²) in [5.74, 6) is 0.289. The molecule has 0 aromatic heterocycles. The van der Waals surface area contributed by atoms with E-state index in [0.29, 0.717) is 13.0 Å². The lowest BCUT2D eigenvalue weighted by Crippen LogP contribution is -2.49. The first-order valence-corrected chi connectivity index (χ1v) is 8.43. The summed E-state index contributed by atoms with van der Waals surface area (Å²) in [5, 5.41) is 3.34. The van der Waals surface area contributed by atoms with Crippen molar-refractivity contribution in [3.05, 3.63) is 0 Å². The quantitative estimate of drug-likeness (QED) is 0.709. The summed E-state index contributed by atoms with van der Waals surface area (Å²) in [6.45, 7) is 6.53. The average Bonchev–Trinajstić information content (AvgIpc) is 2.30. The van der Waals surface area contributed by atoms with Crippen LogP contribution in [-0.4, -0.2) is 44.2 Å². The van der Waals surface area contributed by atoms with Crippen molar-refractivity contribution in [2.75, 3.05) is 25.4 Å². The zero-order chi connectivity index (χ0) is 12.7. The maximum Gasteiger partial charge on any atom is 0.214 e. The lowest BCUT2D eigenvalue weighted by molar-refractivity contribution is 0.246. The molecule has 1 rings (SSSR count). The molecule has 1 fully saturated rings. The maximum absolute atomic E-state index is 12.1. The Morgan fingerprint density at radius 1 is 1.24 bits per heavy atom. The fraction of sp³-hybridized carbons (Fsp3) is 1.00. The molecule has 1 atom stereocenters. The van der Waals surface area contributed by atoms with Crippen molar-refractivity contribution >= 4 is 10.0 Å². The molecule has 0 aromatic rings. The van der Waals surface area contributed by atoms with Gasteiger partial charge in [0.2, 0.25) is 10.0 Å². The van der Waals surface area contributed by atoms with Crippen molar-refractivity contribution in [1.82, 2.24) is 9.62 Å². The van der Waals surface area contributed by atoms with Crippen LogP contribution in [-0.2, 0) is 10.0 Å². The molecular weight excluding hydrogens is 236 g/mol. The second-order valence-corrected chi connectivity index (χ2v) is 6.82. The molecule has 0 aromatic carbocycles. The van der Waals surface area contributed by atoms with Gasteiger partial charge in [0, 0.05) is 19.1 Å². The Morgan fingerprint density at radius 2 is 2.00 bits per heavy atom. The van der Waals surface area contributed by atoms with Gasteiger partial charge in [0.15, 0.2) is 0 Å². The number of piperidine rings is 1. The van der Waals surface area contributed by atoms with Gasteiger partial charge in [-0.15, -0.1) is 0 Å². The predicted octanol–water partition coefficient (Wildman–Crippen LogP) is 1.58. The van der Waals surface area contributed by atoms with Crippen LogP contribution in [0, 0.1) is 0 Å². The van der Waals surface area contributed by atoms with Crippen LogP contribution in [0.15, 0.2) is 0 Å². The predicted molar refractivity (Wildman–Crippen MR) is 71.6 cm³/mol. The molecule has 17 heavy (non-hydrogen) atoms. The summed E-state index contributed by atoms with van der Waals surface area (Å²) in [5.41, 5.74) is 0. The summed E-state index contributed by atoms with van der Waals surface area (Å²) < 4.78 is 26.0. The van der Waals surface area contributed by atoms with Gasteiger partial charge in [-0.3, -0.25) is 0 Å². The minimum Gasteiger partial charge on any atom is -0.315 e. The van der Waals surface area contributed by atoms with Crippen molar-refractivity contribution in [2.45, 2.75) is 52.0 Å². The van der Waals surface area contributed by atoms with Crippen LogP contribution < -0.4 is 5.32 Å². The van der Waals surface area contributed by atoms with Gasteiger partial charge < -0.3 is 5.32 Å². The normalized spacial score (nSPS) is 22.8. The highest BCUT2D eigenvalue weighted by Crippen LogP contribution is 2.20. The smallest absolute Gasteiger partial charge is 0.214 e. The monoisotopic (exact) mass is 262 g/mol. The molecule has 1 aliphatic rings.